The molecule has 0 aliphatic carbocycles. The first-order valence-electron chi connectivity index (χ1n) is 5.17. The molecule has 1 aromatic rings. The highest BCUT2D eigenvalue weighted by atomic mass is 19.1. The van der Waals surface area contributed by atoms with Crippen LogP contribution in [-0.4, -0.2) is 23.8 Å². The molecule has 2 rings (SSSR count). The Bertz CT molecular complexity index is 544. The number of hydrogen-bond donors (Lipinski definition) is 3. The van der Waals surface area contributed by atoms with Crippen LogP contribution in [0.4, 0.5) is 10.1 Å². The van der Waals surface area contributed by atoms with Crippen molar-refractivity contribution in [2.45, 2.75) is 12.5 Å². The number of carbonyl (C=O) groups is 3. The average Bonchev–Trinajstić information content (AvgIpc) is 2.61. The van der Waals surface area contributed by atoms with Crippen LogP contribution in [0.2, 0.25) is 0 Å². The van der Waals surface area contributed by atoms with Gasteiger partial charge in [0.15, 0.2) is 0 Å². The number of halogens is 1. The molecule has 0 aromatic heterocycles. The van der Waals surface area contributed by atoms with Gasteiger partial charge in [-0.2, -0.15) is 0 Å². The van der Waals surface area contributed by atoms with Gasteiger partial charge in [0, 0.05) is 5.69 Å². The maximum Gasteiger partial charge on any atom is 0.254 e. The van der Waals surface area contributed by atoms with Crippen molar-refractivity contribution in [2.75, 3.05) is 5.73 Å². The summed E-state index contributed by atoms with van der Waals surface area (Å²) < 4.78 is 13.0. The molecule has 1 aromatic carbocycles. The molecule has 1 aliphatic rings. The number of hydrogen-bond acceptors (Lipinski definition) is 4. The fourth-order valence-electron chi connectivity index (χ4n) is 1.63. The fourth-order valence-corrected chi connectivity index (χ4v) is 1.63. The number of carbonyl (C=O) groups excluding carboxylic acids is 3. The van der Waals surface area contributed by atoms with Crippen LogP contribution in [0, 0.1) is 5.82 Å². The molecule has 0 saturated carbocycles. The standard InChI is InChI=1S/C11H10FN3O3/c12-5-1-2-7(13)6(3-5)10(17)14-8-4-9(16)15-11(8)18/h1-3,8H,4,13H2,(H,14,17)(H,15,16,18). The van der Waals surface area contributed by atoms with Gasteiger partial charge in [0.05, 0.1) is 12.0 Å². The zero-order valence-electron chi connectivity index (χ0n) is 9.20. The van der Waals surface area contributed by atoms with Crippen LogP contribution >= 0.6 is 0 Å². The molecule has 1 atom stereocenters. The Kier molecular flexibility index (Phi) is 2.97. The highest BCUT2D eigenvalue weighted by Crippen LogP contribution is 2.14. The predicted molar refractivity (Wildman–Crippen MR) is 59.8 cm³/mol. The minimum atomic E-state index is -0.937. The van der Waals surface area contributed by atoms with Gasteiger partial charge in [0.25, 0.3) is 5.91 Å². The third-order valence-electron chi connectivity index (χ3n) is 2.53. The van der Waals surface area contributed by atoms with Crippen molar-refractivity contribution >= 4 is 23.4 Å². The van der Waals surface area contributed by atoms with Crippen molar-refractivity contribution < 1.29 is 18.8 Å². The van der Waals surface area contributed by atoms with Gasteiger partial charge in [-0.1, -0.05) is 0 Å². The van der Waals surface area contributed by atoms with Crippen molar-refractivity contribution in [2.24, 2.45) is 0 Å². The Morgan fingerprint density at radius 2 is 2.17 bits per heavy atom. The van der Waals surface area contributed by atoms with Gasteiger partial charge < -0.3 is 11.1 Å². The number of imide groups is 1. The van der Waals surface area contributed by atoms with Crippen LogP contribution in [0.15, 0.2) is 18.2 Å². The second-order valence-corrected chi connectivity index (χ2v) is 3.87. The molecule has 3 amide bonds. The highest BCUT2D eigenvalue weighted by molar-refractivity contribution is 6.09. The van der Waals surface area contributed by atoms with Crippen molar-refractivity contribution in [1.29, 1.82) is 0 Å². The molecule has 7 heteroatoms. The Hall–Kier alpha value is -2.44. The molecule has 1 saturated heterocycles. The Balaban J connectivity index is 2.15. The van der Waals surface area contributed by atoms with Gasteiger partial charge in [0.2, 0.25) is 11.8 Å². The summed E-state index contributed by atoms with van der Waals surface area (Å²) in [5.74, 6) is -2.34. The quantitative estimate of drug-likeness (QED) is 0.489. The van der Waals surface area contributed by atoms with Crippen LogP contribution in [0.25, 0.3) is 0 Å². The van der Waals surface area contributed by atoms with E-state index >= 15 is 0 Å². The van der Waals surface area contributed by atoms with E-state index in [1.54, 1.807) is 0 Å². The SMILES string of the molecule is Nc1ccc(F)cc1C(=O)NC1CC(=O)NC1=O. The summed E-state index contributed by atoms with van der Waals surface area (Å²) in [4.78, 5) is 34.0. The summed E-state index contributed by atoms with van der Waals surface area (Å²) in [6, 6.07) is 2.41. The smallest absolute Gasteiger partial charge is 0.254 e. The summed E-state index contributed by atoms with van der Waals surface area (Å²) in [5, 5.41) is 4.38. The number of benzene rings is 1. The molecule has 0 spiro atoms. The Morgan fingerprint density at radius 1 is 1.44 bits per heavy atom. The maximum absolute atomic E-state index is 13.0. The van der Waals surface area contributed by atoms with Gasteiger partial charge in [-0.3, -0.25) is 19.7 Å². The van der Waals surface area contributed by atoms with E-state index in [0.717, 1.165) is 12.1 Å². The summed E-state index contributed by atoms with van der Waals surface area (Å²) in [6.07, 6.45) is -0.125. The zero-order valence-corrected chi connectivity index (χ0v) is 9.20. The van der Waals surface area contributed by atoms with Crippen LogP contribution in [-0.2, 0) is 9.59 Å². The van der Waals surface area contributed by atoms with Crippen molar-refractivity contribution in [1.82, 2.24) is 10.6 Å². The van der Waals surface area contributed by atoms with Crippen LogP contribution in [0.1, 0.15) is 16.8 Å². The van der Waals surface area contributed by atoms with Crippen LogP contribution in [0.3, 0.4) is 0 Å². The summed E-state index contributed by atoms with van der Waals surface area (Å²) in [5.41, 5.74) is 5.56. The van der Waals surface area contributed by atoms with E-state index in [1.807, 2.05) is 0 Å². The number of rotatable bonds is 2. The average molecular weight is 251 g/mol. The molecule has 1 aliphatic heterocycles. The summed E-state index contributed by atoms with van der Waals surface area (Å²) >= 11 is 0. The number of nitrogens with two attached hydrogens (primary N) is 1. The molecule has 0 radical (unpaired) electrons. The first kappa shape index (κ1) is 12.0. The number of amides is 3. The van der Waals surface area contributed by atoms with Crippen molar-refractivity contribution in [3.63, 3.8) is 0 Å². The lowest BCUT2D eigenvalue weighted by Crippen LogP contribution is -2.40. The van der Waals surface area contributed by atoms with E-state index in [4.69, 9.17) is 5.73 Å². The largest absolute Gasteiger partial charge is 0.398 e. The van der Waals surface area contributed by atoms with Crippen LogP contribution in [0.5, 0.6) is 0 Å². The lowest BCUT2D eigenvalue weighted by atomic mass is 10.1. The normalized spacial score (nSPS) is 18.6. The second kappa shape index (κ2) is 4.44. The topological polar surface area (TPSA) is 101 Å². The fraction of sp³-hybridized carbons (Fsp3) is 0.182. The van der Waals surface area contributed by atoms with Crippen LogP contribution < -0.4 is 16.4 Å². The third kappa shape index (κ3) is 2.29. The molecule has 1 heterocycles. The van der Waals surface area contributed by atoms with E-state index in [-0.39, 0.29) is 17.7 Å². The molecular formula is C11H10FN3O3. The summed E-state index contributed by atoms with van der Waals surface area (Å²) in [7, 11) is 0. The first-order chi connectivity index (χ1) is 8.47. The van der Waals surface area contributed by atoms with E-state index in [1.165, 1.54) is 6.07 Å². The van der Waals surface area contributed by atoms with E-state index in [2.05, 4.69) is 10.6 Å². The Morgan fingerprint density at radius 3 is 2.78 bits per heavy atom. The Labute approximate surface area is 101 Å². The highest BCUT2D eigenvalue weighted by Gasteiger charge is 2.32. The number of anilines is 1. The maximum atomic E-state index is 13.0. The molecule has 94 valence electrons. The van der Waals surface area contributed by atoms with Gasteiger partial charge in [-0.05, 0) is 18.2 Å². The van der Waals surface area contributed by atoms with E-state index in [9.17, 15) is 18.8 Å². The summed E-state index contributed by atoms with van der Waals surface area (Å²) in [6.45, 7) is 0. The van der Waals surface area contributed by atoms with Gasteiger partial charge in [0.1, 0.15) is 11.9 Å². The molecule has 1 fully saturated rings. The third-order valence-corrected chi connectivity index (χ3v) is 2.53. The molecule has 4 N–H and O–H groups in total. The molecule has 18 heavy (non-hydrogen) atoms. The molecular weight excluding hydrogens is 241 g/mol. The second-order valence-electron chi connectivity index (χ2n) is 3.87. The lowest BCUT2D eigenvalue weighted by Gasteiger charge is -2.10. The molecule has 6 nitrogen and oxygen atoms in total. The zero-order chi connectivity index (χ0) is 13.3. The van der Waals surface area contributed by atoms with E-state index < -0.39 is 29.6 Å². The minimum Gasteiger partial charge on any atom is -0.398 e. The molecule has 0 bridgehead atoms. The monoisotopic (exact) mass is 251 g/mol. The number of nitrogen functional groups attached to an aromatic ring is 1. The number of nitrogens with one attached hydrogen (secondary N) is 2. The first-order valence-corrected chi connectivity index (χ1v) is 5.17. The van der Waals surface area contributed by atoms with Gasteiger partial charge >= 0.3 is 0 Å². The predicted octanol–water partition coefficient (Wildman–Crippen LogP) is -0.447. The van der Waals surface area contributed by atoms with Crippen molar-refractivity contribution in [3.05, 3.63) is 29.6 Å². The molecule has 1 unspecified atom stereocenters. The van der Waals surface area contributed by atoms with Gasteiger partial charge in [-0.15, -0.1) is 0 Å². The van der Waals surface area contributed by atoms with Crippen molar-refractivity contribution in [3.8, 4) is 0 Å². The van der Waals surface area contributed by atoms with E-state index in [0.29, 0.717) is 0 Å². The van der Waals surface area contributed by atoms with Gasteiger partial charge in [-0.25, -0.2) is 4.39 Å². The minimum absolute atomic E-state index is 0.0675. The lowest BCUT2D eigenvalue weighted by molar-refractivity contribution is -0.125.